The van der Waals surface area contributed by atoms with Gasteiger partial charge in [0.2, 0.25) is 5.95 Å². The molecule has 0 saturated carbocycles. The topological polar surface area (TPSA) is 43.2 Å². The highest BCUT2D eigenvalue weighted by atomic mass is 32.2. The number of thioether (sulfide) groups is 1. The number of halogens is 1. The van der Waals surface area contributed by atoms with Crippen LogP contribution in [0.1, 0.15) is 6.92 Å². The lowest BCUT2D eigenvalue weighted by Crippen LogP contribution is -2.37. The van der Waals surface area contributed by atoms with Gasteiger partial charge in [0.25, 0.3) is 0 Å². The molecule has 2 aromatic rings. The largest absolute Gasteiger partial charge is 0.378 e. The van der Waals surface area contributed by atoms with Gasteiger partial charge in [0.15, 0.2) is 5.16 Å². The van der Waals surface area contributed by atoms with Crippen LogP contribution in [0.15, 0.2) is 29.4 Å². The van der Waals surface area contributed by atoms with Crippen LogP contribution >= 0.6 is 11.8 Å². The Balaban J connectivity index is 1.99. The average Bonchev–Trinajstić information content (AvgIpc) is 3.00. The molecule has 0 unspecified atom stereocenters. The molecule has 1 aliphatic heterocycles. The van der Waals surface area contributed by atoms with Crippen LogP contribution in [0.5, 0.6) is 0 Å². The van der Waals surface area contributed by atoms with Gasteiger partial charge in [-0.3, -0.25) is 4.57 Å². The van der Waals surface area contributed by atoms with Gasteiger partial charge in [-0.1, -0.05) is 23.7 Å². The van der Waals surface area contributed by atoms with Gasteiger partial charge in [-0.2, -0.15) is 0 Å². The van der Waals surface area contributed by atoms with E-state index in [0.717, 1.165) is 13.1 Å². The lowest BCUT2D eigenvalue weighted by atomic mass is 10.3. The average molecular weight is 332 g/mol. The molecular weight excluding hydrogens is 315 g/mol. The molecule has 1 aromatic heterocycles. The number of benzene rings is 1. The third kappa shape index (κ3) is 3.66. The Labute approximate surface area is 138 Å². The lowest BCUT2D eigenvalue weighted by Gasteiger charge is -2.27. The molecule has 1 aromatic carbocycles. The van der Waals surface area contributed by atoms with Gasteiger partial charge in [0, 0.05) is 13.1 Å². The summed E-state index contributed by atoms with van der Waals surface area (Å²) in [6.45, 7) is 4.59. The van der Waals surface area contributed by atoms with E-state index in [1.165, 1.54) is 23.9 Å². The molecule has 120 valence electrons. The van der Waals surface area contributed by atoms with Gasteiger partial charge >= 0.3 is 0 Å². The number of aromatic nitrogens is 3. The Kier molecular flexibility index (Phi) is 5.16. The normalized spacial score (nSPS) is 14.4. The Morgan fingerprint density at radius 3 is 2.87 bits per heavy atom. The standard InChI is InChI=1S/C16H17FN4OS/c1-2-3-11-23-16-19-18-15(20-7-9-22-10-8-20)21(16)14-6-4-5-13(17)12-14/h4-6,12H,7-11H2,1H3. The first kappa shape index (κ1) is 15.8. The van der Waals surface area contributed by atoms with Gasteiger partial charge in [0.1, 0.15) is 5.82 Å². The van der Waals surface area contributed by atoms with Crippen LogP contribution in [0.2, 0.25) is 0 Å². The monoisotopic (exact) mass is 332 g/mol. The minimum Gasteiger partial charge on any atom is -0.378 e. The Morgan fingerprint density at radius 1 is 1.30 bits per heavy atom. The van der Waals surface area contributed by atoms with Crippen LogP contribution in [0.3, 0.4) is 0 Å². The molecule has 0 radical (unpaired) electrons. The van der Waals surface area contributed by atoms with E-state index in [0.29, 0.717) is 35.8 Å². The van der Waals surface area contributed by atoms with Gasteiger partial charge in [0.05, 0.1) is 24.7 Å². The van der Waals surface area contributed by atoms with Crippen molar-refractivity contribution in [2.24, 2.45) is 0 Å². The molecule has 2 heterocycles. The summed E-state index contributed by atoms with van der Waals surface area (Å²) >= 11 is 1.49. The fourth-order valence-corrected chi connectivity index (χ4v) is 3.10. The summed E-state index contributed by atoms with van der Waals surface area (Å²) in [6.07, 6.45) is 0. The molecule has 1 aliphatic rings. The minimum atomic E-state index is -0.284. The summed E-state index contributed by atoms with van der Waals surface area (Å²) in [7, 11) is 0. The summed E-state index contributed by atoms with van der Waals surface area (Å²) in [4.78, 5) is 2.11. The Bertz CT molecular complexity index is 731. The number of anilines is 1. The maximum absolute atomic E-state index is 13.7. The molecule has 1 fully saturated rings. The highest BCUT2D eigenvalue weighted by Crippen LogP contribution is 2.27. The van der Waals surface area contributed by atoms with E-state index in [2.05, 4.69) is 26.9 Å². The zero-order valence-corrected chi connectivity index (χ0v) is 13.6. The van der Waals surface area contributed by atoms with E-state index in [1.54, 1.807) is 13.0 Å². The maximum Gasteiger partial charge on any atom is 0.232 e. The zero-order valence-electron chi connectivity index (χ0n) is 12.8. The molecule has 3 rings (SSSR count). The van der Waals surface area contributed by atoms with E-state index in [9.17, 15) is 4.39 Å². The quantitative estimate of drug-likeness (QED) is 0.635. The van der Waals surface area contributed by atoms with Gasteiger partial charge in [-0.15, -0.1) is 16.1 Å². The van der Waals surface area contributed by atoms with Crippen molar-refractivity contribution in [2.45, 2.75) is 12.1 Å². The maximum atomic E-state index is 13.7. The van der Waals surface area contributed by atoms with Gasteiger partial charge in [-0.05, 0) is 25.1 Å². The second-order valence-corrected chi connectivity index (χ2v) is 5.86. The van der Waals surface area contributed by atoms with E-state index < -0.39 is 0 Å². The molecular formula is C16H17FN4OS. The van der Waals surface area contributed by atoms with Crippen molar-refractivity contribution < 1.29 is 9.13 Å². The lowest BCUT2D eigenvalue weighted by molar-refractivity contribution is 0.122. The molecule has 23 heavy (non-hydrogen) atoms. The third-order valence-electron chi connectivity index (χ3n) is 3.43. The van der Waals surface area contributed by atoms with Crippen LogP contribution in [0.25, 0.3) is 5.69 Å². The van der Waals surface area contributed by atoms with Crippen LogP contribution in [0, 0.1) is 17.7 Å². The first-order chi connectivity index (χ1) is 11.3. The Morgan fingerprint density at radius 2 is 2.13 bits per heavy atom. The summed E-state index contributed by atoms with van der Waals surface area (Å²) < 4.78 is 20.9. The van der Waals surface area contributed by atoms with Gasteiger partial charge < -0.3 is 9.64 Å². The van der Waals surface area contributed by atoms with E-state index in [4.69, 9.17) is 4.74 Å². The molecule has 0 amide bonds. The smallest absolute Gasteiger partial charge is 0.232 e. The van der Waals surface area contributed by atoms with Crippen LogP contribution in [0.4, 0.5) is 10.3 Å². The predicted octanol–water partition coefficient (Wildman–Crippen LogP) is 2.36. The molecule has 0 atom stereocenters. The molecule has 0 aliphatic carbocycles. The second-order valence-electron chi connectivity index (χ2n) is 4.91. The molecule has 0 N–H and O–H groups in total. The summed E-state index contributed by atoms with van der Waals surface area (Å²) in [5.74, 6) is 6.91. The third-order valence-corrected chi connectivity index (χ3v) is 4.24. The first-order valence-electron chi connectivity index (χ1n) is 7.36. The first-order valence-corrected chi connectivity index (χ1v) is 8.34. The number of hydrogen-bond donors (Lipinski definition) is 0. The summed E-state index contributed by atoms with van der Waals surface area (Å²) in [5, 5.41) is 9.30. The molecule has 0 bridgehead atoms. The Hall–Kier alpha value is -2.04. The molecule has 1 saturated heterocycles. The molecule has 0 spiro atoms. The van der Waals surface area contributed by atoms with Crippen LogP contribution in [-0.2, 0) is 4.74 Å². The highest BCUT2D eigenvalue weighted by Gasteiger charge is 2.21. The van der Waals surface area contributed by atoms with Crippen molar-refractivity contribution in [3.63, 3.8) is 0 Å². The van der Waals surface area contributed by atoms with Crippen molar-refractivity contribution in [2.75, 3.05) is 37.0 Å². The highest BCUT2D eigenvalue weighted by molar-refractivity contribution is 7.99. The SMILES string of the molecule is CC#CCSc1nnc(N2CCOCC2)n1-c1cccc(F)c1. The van der Waals surface area contributed by atoms with E-state index >= 15 is 0 Å². The van der Waals surface area contributed by atoms with Crippen molar-refractivity contribution in [1.29, 1.82) is 0 Å². The predicted molar refractivity (Wildman–Crippen MR) is 88.5 cm³/mol. The summed E-state index contributed by atoms with van der Waals surface area (Å²) in [6, 6.07) is 6.46. The zero-order chi connectivity index (χ0) is 16.1. The fourth-order valence-electron chi connectivity index (χ4n) is 2.34. The van der Waals surface area contributed by atoms with Crippen LogP contribution in [-0.4, -0.2) is 46.8 Å². The molecule has 5 nitrogen and oxygen atoms in total. The number of hydrogen-bond acceptors (Lipinski definition) is 5. The number of nitrogens with zero attached hydrogens (tertiary/aromatic N) is 4. The van der Waals surface area contributed by atoms with E-state index in [-0.39, 0.29) is 5.82 Å². The summed E-state index contributed by atoms with van der Waals surface area (Å²) in [5.41, 5.74) is 0.712. The van der Waals surface area contributed by atoms with E-state index in [1.807, 2.05) is 10.6 Å². The number of morpholine rings is 1. The number of ether oxygens (including phenoxy) is 1. The minimum absolute atomic E-state index is 0.284. The van der Waals surface area contributed by atoms with Crippen molar-refractivity contribution >= 4 is 17.7 Å². The van der Waals surface area contributed by atoms with Crippen molar-refractivity contribution in [3.05, 3.63) is 30.1 Å². The fraction of sp³-hybridized carbons (Fsp3) is 0.375. The van der Waals surface area contributed by atoms with Crippen molar-refractivity contribution in [1.82, 2.24) is 14.8 Å². The van der Waals surface area contributed by atoms with Gasteiger partial charge in [-0.25, -0.2) is 4.39 Å². The second kappa shape index (κ2) is 7.49. The number of rotatable bonds is 4. The molecule has 7 heteroatoms. The van der Waals surface area contributed by atoms with Crippen molar-refractivity contribution in [3.8, 4) is 17.5 Å². The van der Waals surface area contributed by atoms with Crippen LogP contribution < -0.4 is 4.90 Å².